The van der Waals surface area contributed by atoms with E-state index in [0.29, 0.717) is 0 Å². The Balaban J connectivity index is 2.18. The van der Waals surface area contributed by atoms with Gasteiger partial charge in [-0.2, -0.15) is 0 Å². The van der Waals surface area contributed by atoms with Crippen molar-refractivity contribution in [2.45, 2.75) is 0 Å². The van der Waals surface area contributed by atoms with Crippen molar-refractivity contribution in [1.29, 1.82) is 0 Å². The zero-order valence-electron chi connectivity index (χ0n) is 11.5. The van der Waals surface area contributed by atoms with Crippen molar-refractivity contribution in [3.63, 3.8) is 0 Å². The molecule has 2 heteroatoms. The normalized spacial score (nSPS) is 12.8. The second kappa shape index (κ2) is 3.70. The highest BCUT2D eigenvalue weighted by Crippen LogP contribution is 2.32. The molecule has 2 aliphatic rings. The number of halogens is 1. The Morgan fingerprint density at radius 1 is 0.591 bits per heavy atom. The van der Waals surface area contributed by atoms with Gasteiger partial charge in [0, 0.05) is 15.0 Å². The maximum absolute atomic E-state index is 3.64. The summed E-state index contributed by atoms with van der Waals surface area (Å²) in [5, 5.41) is 12.6. The largest absolute Gasteiger partial charge is 0.128 e. The first kappa shape index (κ1) is 11.6. The molecule has 0 saturated carbocycles. The summed E-state index contributed by atoms with van der Waals surface area (Å²) in [6.45, 7) is 0. The lowest BCUT2D eigenvalue weighted by atomic mass is 10.1. The van der Waals surface area contributed by atoms with Crippen molar-refractivity contribution >= 4 is 38.0 Å². The molecule has 0 fully saturated rings. The lowest BCUT2D eigenvalue weighted by molar-refractivity contribution is 1.49. The van der Waals surface area contributed by atoms with E-state index in [2.05, 4.69) is 70.5 Å². The topological polar surface area (TPSA) is 0 Å². The molecule has 102 valence electrons. The van der Waals surface area contributed by atoms with Crippen LogP contribution in [-0.2, 0) is 0 Å². The second-order valence-corrected chi connectivity index (χ2v) is 8.34. The van der Waals surface area contributed by atoms with Gasteiger partial charge in [-0.05, 0) is 58.9 Å². The van der Waals surface area contributed by atoms with Gasteiger partial charge in [0.1, 0.15) is 0 Å². The summed E-state index contributed by atoms with van der Waals surface area (Å²) in [6.07, 6.45) is 0. The van der Waals surface area contributed by atoms with Crippen LogP contribution in [0.3, 0.4) is 0 Å². The predicted octanol–water partition coefficient (Wildman–Crippen LogP) is 5.44. The van der Waals surface area contributed by atoms with E-state index in [1.165, 1.54) is 55.6 Å². The summed E-state index contributed by atoms with van der Waals surface area (Å²) in [5.74, 6) is 0. The number of fused-ring (bicyclic) bond motifs is 2. The molecule has 0 radical (unpaired) electrons. The fraction of sp³-hybridized carbons (Fsp3) is 0. The summed E-state index contributed by atoms with van der Waals surface area (Å²) in [5.41, 5.74) is 0. The van der Waals surface area contributed by atoms with Gasteiger partial charge in [-0.1, -0.05) is 48.5 Å². The maximum atomic E-state index is 3.64. The van der Waals surface area contributed by atoms with Crippen LogP contribution < -0.4 is 0 Å². The van der Waals surface area contributed by atoms with Crippen molar-refractivity contribution in [3.8, 4) is 0 Å². The van der Waals surface area contributed by atoms with E-state index in [4.69, 9.17) is 0 Å². The van der Waals surface area contributed by atoms with Crippen LogP contribution in [0.4, 0.5) is 0 Å². The molecule has 0 amide bonds. The van der Waals surface area contributed by atoms with E-state index in [-0.39, 0.29) is 0 Å². The summed E-state index contributed by atoms with van der Waals surface area (Å²) >= 11 is 5.48. The second-order valence-electron chi connectivity index (χ2n) is 5.91. The number of rotatable bonds is 0. The zero-order valence-corrected chi connectivity index (χ0v) is 13.9. The van der Waals surface area contributed by atoms with Gasteiger partial charge in [0.15, 0.2) is 0 Å². The van der Waals surface area contributed by atoms with Crippen LogP contribution >= 0.6 is 27.3 Å². The first-order valence-corrected chi connectivity index (χ1v) is 8.93. The summed E-state index contributed by atoms with van der Waals surface area (Å²) < 4.78 is 2.61. The molecule has 0 bridgehead atoms. The van der Waals surface area contributed by atoms with Crippen LogP contribution in [0.2, 0.25) is 0 Å². The van der Waals surface area contributed by atoms with E-state index >= 15 is 0 Å². The van der Waals surface area contributed by atoms with Crippen LogP contribution in [0.25, 0.3) is 10.8 Å². The van der Waals surface area contributed by atoms with E-state index in [1.54, 1.807) is 0 Å². The number of thiophene rings is 1. The van der Waals surface area contributed by atoms with Crippen molar-refractivity contribution in [3.05, 3.63) is 99.4 Å². The maximum Gasteiger partial charge on any atom is 0.0711 e. The minimum atomic E-state index is 1.21. The molecule has 3 aromatic carbocycles. The third-order valence-corrected chi connectivity index (χ3v) is 6.58. The van der Waals surface area contributed by atoms with E-state index in [0.717, 1.165) is 0 Å². The molecule has 2 aliphatic carbocycles. The van der Waals surface area contributed by atoms with E-state index < -0.39 is 0 Å². The third kappa shape index (κ3) is 1.18. The van der Waals surface area contributed by atoms with Crippen molar-refractivity contribution in [2.24, 2.45) is 0 Å². The van der Waals surface area contributed by atoms with Crippen LogP contribution in [0.1, 0.15) is 0 Å². The van der Waals surface area contributed by atoms with Crippen LogP contribution in [-0.4, -0.2) is 0 Å². The predicted molar refractivity (Wildman–Crippen MR) is 93.1 cm³/mol. The average Bonchev–Trinajstić information content (AvgIpc) is 3.16. The fourth-order valence-electron chi connectivity index (χ4n) is 4.07. The number of benzene rings is 3. The van der Waals surface area contributed by atoms with Gasteiger partial charge in [0.05, 0.1) is 3.79 Å². The van der Waals surface area contributed by atoms with E-state index in [1.807, 2.05) is 11.3 Å². The van der Waals surface area contributed by atoms with Gasteiger partial charge in [0.25, 0.3) is 0 Å². The molecule has 6 rings (SSSR count). The van der Waals surface area contributed by atoms with Crippen molar-refractivity contribution in [2.75, 3.05) is 0 Å². The Morgan fingerprint density at radius 3 is 1.82 bits per heavy atom. The Kier molecular flexibility index (Phi) is 1.96. The minimum absolute atomic E-state index is 1.21. The molecule has 0 spiro atoms. The molecule has 0 unspecified atom stereocenters. The monoisotopic (exact) mass is 360 g/mol. The summed E-state index contributed by atoms with van der Waals surface area (Å²) in [4.78, 5) is 0. The van der Waals surface area contributed by atoms with E-state index in [9.17, 15) is 0 Å². The van der Waals surface area contributed by atoms with Crippen LogP contribution in [0.5, 0.6) is 0 Å². The standard InChI is InChI=1S/C20H9BrS/c21-17-9-16-14-6-5-12-10-3-1-2-4-11(10)13-7-8-15(20(16)22-17)19(14)18(12)13/h1-9H. The molecule has 1 aromatic heterocycles. The minimum Gasteiger partial charge on any atom is -0.128 e. The Bertz CT molecular complexity index is 1420. The van der Waals surface area contributed by atoms with Gasteiger partial charge in [-0.15, -0.1) is 11.3 Å². The molecular weight excluding hydrogens is 352 g/mol. The Labute approximate surface area is 137 Å². The number of hydrogen-bond donors (Lipinski definition) is 0. The first-order valence-electron chi connectivity index (χ1n) is 7.32. The van der Waals surface area contributed by atoms with Gasteiger partial charge in [-0.3, -0.25) is 0 Å². The van der Waals surface area contributed by atoms with Gasteiger partial charge in [0.2, 0.25) is 0 Å². The molecule has 0 saturated heterocycles. The van der Waals surface area contributed by atoms with Crippen LogP contribution in [0.15, 0.2) is 58.4 Å². The lowest BCUT2D eigenvalue weighted by Gasteiger charge is -1.98. The average molecular weight is 361 g/mol. The van der Waals surface area contributed by atoms with Gasteiger partial charge < -0.3 is 0 Å². The van der Waals surface area contributed by atoms with Crippen molar-refractivity contribution in [1.82, 2.24) is 0 Å². The van der Waals surface area contributed by atoms with Gasteiger partial charge in [-0.25, -0.2) is 0 Å². The molecule has 0 N–H and O–H groups in total. The lowest BCUT2D eigenvalue weighted by Crippen LogP contribution is -1.79. The first-order chi connectivity index (χ1) is 10.8. The van der Waals surface area contributed by atoms with Crippen LogP contribution in [0, 0.1) is 41.1 Å². The molecule has 0 aliphatic heterocycles. The Morgan fingerprint density at radius 2 is 1.14 bits per heavy atom. The molecule has 22 heavy (non-hydrogen) atoms. The third-order valence-electron chi connectivity index (χ3n) is 4.90. The highest BCUT2D eigenvalue weighted by atomic mass is 79.9. The quantitative estimate of drug-likeness (QED) is 0.338. The molecular formula is C20H9BrS. The fourth-order valence-corrected chi connectivity index (χ4v) is 5.72. The summed E-state index contributed by atoms with van der Waals surface area (Å²) in [6, 6.07) is 20.2. The highest BCUT2D eigenvalue weighted by Gasteiger charge is 2.13. The smallest absolute Gasteiger partial charge is 0.0711 e. The zero-order chi connectivity index (χ0) is 14.4. The molecule has 1 heterocycles. The highest BCUT2D eigenvalue weighted by molar-refractivity contribution is 9.11. The molecule has 0 nitrogen and oxygen atoms in total. The molecule has 0 atom stereocenters. The van der Waals surface area contributed by atoms with Gasteiger partial charge >= 0.3 is 0 Å². The van der Waals surface area contributed by atoms with Crippen molar-refractivity contribution < 1.29 is 0 Å². The molecule has 4 aromatic rings. The SMILES string of the molecule is Brc1cc2c(s1)=c1ccc3c4c(ccc=2c14)=c1ccccc1=3. The summed E-state index contributed by atoms with van der Waals surface area (Å²) in [7, 11) is 0. The number of hydrogen-bond acceptors (Lipinski definition) is 1. The Hall–Kier alpha value is -1.90.